The number of aromatic nitrogens is 2. The van der Waals surface area contributed by atoms with Crippen molar-refractivity contribution in [2.75, 3.05) is 24.3 Å². The highest BCUT2D eigenvalue weighted by atomic mass is 35.5. The van der Waals surface area contributed by atoms with Gasteiger partial charge in [-0.05, 0) is 12.1 Å². The van der Waals surface area contributed by atoms with E-state index in [9.17, 15) is 0 Å². The minimum absolute atomic E-state index is 0.285. The number of para-hydroxylation sites is 2. The van der Waals surface area contributed by atoms with Gasteiger partial charge in [0.15, 0.2) is 10.3 Å². The van der Waals surface area contributed by atoms with Crippen molar-refractivity contribution >= 4 is 40.3 Å². The fraction of sp³-hybridized carbons (Fsp3) is 0.167. The van der Waals surface area contributed by atoms with Crippen LogP contribution in [0.4, 0.5) is 17.1 Å². The number of hydrogen-bond acceptors (Lipinski definition) is 4. The van der Waals surface area contributed by atoms with Gasteiger partial charge >= 0.3 is 0 Å². The topological polar surface area (TPSA) is 41.0 Å². The van der Waals surface area contributed by atoms with Crippen molar-refractivity contribution in [3.8, 4) is 0 Å². The largest absolute Gasteiger partial charge is 0.376 e. The van der Waals surface area contributed by atoms with Crippen LogP contribution in [0.5, 0.6) is 0 Å². The first-order chi connectivity index (χ1) is 8.58. The Morgan fingerprint density at radius 2 is 1.78 bits per heavy atom. The lowest BCUT2D eigenvalue weighted by molar-refractivity contribution is 1.03. The summed E-state index contributed by atoms with van der Waals surface area (Å²) in [5, 5.41) is 11.2. The van der Waals surface area contributed by atoms with Crippen molar-refractivity contribution in [1.29, 1.82) is 0 Å². The molecule has 1 N–H and O–H groups in total. The smallest absolute Gasteiger partial charge is 0.175 e. The highest BCUT2D eigenvalue weighted by Gasteiger charge is 2.08. The molecule has 0 fully saturated rings. The summed E-state index contributed by atoms with van der Waals surface area (Å²) in [5.74, 6) is 0. The zero-order valence-corrected chi connectivity index (χ0v) is 11.5. The average Bonchev–Trinajstić information content (AvgIpc) is 2.34. The molecule has 0 saturated heterocycles. The Kier molecular flexibility index (Phi) is 3.89. The number of benzene rings is 1. The summed E-state index contributed by atoms with van der Waals surface area (Å²) in [6.07, 6.45) is 0. The van der Waals surface area contributed by atoms with E-state index in [0.29, 0.717) is 10.8 Å². The molecule has 0 aliphatic heterocycles. The maximum Gasteiger partial charge on any atom is 0.175 e. The number of anilines is 3. The molecule has 1 aromatic heterocycles. The molecule has 0 spiro atoms. The van der Waals surface area contributed by atoms with Crippen LogP contribution < -0.4 is 10.2 Å². The maximum absolute atomic E-state index is 5.97. The van der Waals surface area contributed by atoms with Gasteiger partial charge in [-0.1, -0.05) is 35.3 Å². The number of rotatable bonds is 3. The standard InChI is InChI=1S/C12H12Cl2N4/c1-18(2)10-6-4-3-5-8(10)15-9-7-11(13)16-17-12(9)14/h3-7H,1-2H3,(H,15,16). The number of nitrogens with zero attached hydrogens (tertiary/aromatic N) is 3. The third kappa shape index (κ3) is 2.83. The normalized spacial score (nSPS) is 10.2. The first kappa shape index (κ1) is 12.9. The molecule has 2 aromatic rings. The van der Waals surface area contributed by atoms with Crippen LogP contribution in [0.1, 0.15) is 0 Å². The predicted molar refractivity (Wildman–Crippen MR) is 76.1 cm³/mol. The SMILES string of the molecule is CN(C)c1ccccc1Nc1cc(Cl)nnc1Cl. The number of nitrogens with one attached hydrogen (secondary N) is 1. The Hall–Kier alpha value is -1.52. The first-order valence-corrected chi connectivity index (χ1v) is 6.05. The maximum atomic E-state index is 5.97. The van der Waals surface area contributed by atoms with E-state index >= 15 is 0 Å². The summed E-state index contributed by atoms with van der Waals surface area (Å²) in [7, 11) is 3.94. The zero-order chi connectivity index (χ0) is 13.1. The Labute approximate surface area is 116 Å². The van der Waals surface area contributed by atoms with Crippen LogP contribution in [0.25, 0.3) is 0 Å². The molecule has 0 saturated carbocycles. The Bertz CT molecular complexity index is 558. The van der Waals surface area contributed by atoms with E-state index in [1.54, 1.807) is 6.07 Å². The van der Waals surface area contributed by atoms with Crippen LogP contribution in [0.2, 0.25) is 10.3 Å². The molecule has 0 atom stereocenters. The quantitative estimate of drug-likeness (QED) is 0.934. The van der Waals surface area contributed by atoms with Gasteiger partial charge in [-0.15, -0.1) is 10.2 Å². The van der Waals surface area contributed by atoms with Crippen molar-refractivity contribution < 1.29 is 0 Å². The van der Waals surface area contributed by atoms with Gasteiger partial charge in [0.1, 0.15) is 0 Å². The van der Waals surface area contributed by atoms with E-state index in [0.717, 1.165) is 11.4 Å². The molecule has 0 radical (unpaired) electrons. The van der Waals surface area contributed by atoms with E-state index in [1.807, 2.05) is 43.3 Å². The van der Waals surface area contributed by atoms with Gasteiger partial charge in [-0.2, -0.15) is 0 Å². The fourth-order valence-electron chi connectivity index (χ4n) is 1.56. The van der Waals surface area contributed by atoms with Crippen molar-refractivity contribution in [2.45, 2.75) is 0 Å². The molecule has 1 heterocycles. The van der Waals surface area contributed by atoms with Gasteiger partial charge in [0, 0.05) is 20.2 Å². The van der Waals surface area contributed by atoms with E-state index in [-0.39, 0.29) is 5.15 Å². The van der Waals surface area contributed by atoms with E-state index in [2.05, 4.69) is 15.5 Å². The molecule has 0 aliphatic rings. The second-order valence-electron chi connectivity index (χ2n) is 3.91. The Morgan fingerprint density at radius 3 is 2.50 bits per heavy atom. The average molecular weight is 283 g/mol. The van der Waals surface area contributed by atoms with Gasteiger partial charge in [0.05, 0.1) is 17.1 Å². The Morgan fingerprint density at radius 1 is 1.06 bits per heavy atom. The third-order valence-corrected chi connectivity index (χ3v) is 2.84. The predicted octanol–water partition coefficient (Wildman–Crippen LogP) is 3.59. The molecule has 94 valence electrons. The second-order valence-corrected chi connectivity index (χ2v) is 4.65. The minimum atomic E-state index is 0.285. The molecule has 0 amide bonds. The van der Waals surface area contributed by atoms with Crippen LogP contribution >= 0.6 is 23.2 Å². The van der Waals surface area contributed by atoms with Gasteiger partial charge in [-0.3, -0.25) is 0 Å². The first-order valence-electron chi connectivity index (χ1n) is 5.30. The van der Waals surface area contributed by atoms with Gasteiger partial charge in [0.25, 0.3) is 0 Å². The Balaban J connectivity index is 2.37. The molecular formula is C12H12Cl2N4. The lowest BCUT2D eigenvalue weighted by Gasteiger charge is -2.18. The molecule has 0 aliphatic carbocycles. The van der Waals surface area contributed by atoms with Gasteiger partial charge < -0.3 is 10.2 Å². The van der Waals surface area contributed by atoms with Crippen molar-refractivity contribution in [1.82, 2.24) is 10.2 Å². The van der Waals surface area contributed by atoms with E-state index in [4.69, 9.17) is 23.2 Å². The lowest BCUT2D eigenvalue weighted by atomic mass is 10.2. The van der Waals surface area contributed by atoms with Crippen LogP contribution in [-0.2, 0) is 0 Å². The summed E-state index contributed by atoms with van der Waals surface area (Å²) in [5.41, 5.74) is 2.60. The number of hydrogen-bond donors (Lipinski definition) is 1. The lowest BCUT2D eigenvalue weighted by Crippen LogP contribution is -2.10. The fourth-order valence-corrected chi connectivity index (χ4v) is 1.84. The second kappa shape index (κ2) is 5.42. The zero-order valence-electron chi connectivity index (χ0n) is 9.98. The summed E-state index contributed by atoms with van der Waals surface area (Å²) in [4.78, 5) is 2.01. The third-order valence-electron chi connectivity index (χ3n) is 2.37. The summed E-state index contributed by atoms with van der Waals surface area (Å²) >= 11 is 11.8. The van der Waals surface area contributed by atoms with E-state index in [1.165, 1.54) is 0 Å². The molecule has 18 heavy (non-hydrogen) atoms. The van der Waals surface area contributed by atoms with Crippen molar-refractivity contribution in [3.05, 3.63) is 40.6 Å². The van der Waals surface area contributed by atoms with Crippen LogP contribution in [0, 0.1) is 0 Å². The highest BCUT2D eigenvalue weighted by molar-refractivity contribution is 6.33. The van der Waals surface area contributed by atoms with Crippen LogP contribution in [-0.4, -0.2) is 24.3 Å². The van der Waals surface area contributed by atoms with E-state index < -0.39 is 0 Å². The van der Waals surface area contributed by atoms with Gasteiger partial charge in [0.2, 0.25) is 0 Å². The molecule has 0 unspecified atom stereocenters. The monoisotopic (exact) mass is 282 g/mol. The van der Waals surface area contributed by atoms with Crippen LogP contribution in [0.15, 0.2) is 30.3 Å². The van der Waals surface area contributed by atoms with Crippen molar-refractivity contribution in [3.63, 3.8) is 0 Å². The molecular weight excluding hydrogens is 271 g/mol. The van der Waals surface area contributed by atoms with Crippen LogP contribution in [0.3, 0.4) is 0 Å². The highest BCUT2D eigenvalue weighted by Crippen LogP contribution is 2.30. The number of halogens is 2. The molecule has 1 aromatic carbocycles. The summed E-state index contributed by atoms with van der Waals surface area (Å²) in [6, 6.07) is 9.52. The minimum Gasteiger partial charge on any atom is -0.376 e. The molecule has 2 rings (SSSR count). The van der Waals surface area contributed by atoms with Gasteiger partial charge in [-0.25, -0.2) is 0 Å². The molecule has 4 nitrogen and oxygen atoms in total. The van der Waals surface area contributed by atoms with Crippen molar-refractivity contribution in [2.24, 2.45) is 0 Å². The summed E-state index contributed by atoms with van der Waals surface area (Å²) < 4.78 is 0. The molecule has 0 bridgehead atoms. The molecule has 6 heteroatoms. The summed E-state index contributed by atoms with van der Waals surface area (Å²) in [6.45, 7) is 0.